The third kappa shape index (κ3) is 2.72. The van der Waals surface area contributed by atoms with Crippen molar-refractivity contribution in [3.63, 3.8) is 0 Å². The first-order valence-corrected chi connectivity index (χ1v) is 9.08. The van der Waals surface area contributed by atoms with E-state index < -0.39 is 5.54 Å². The number of rotatable bonds is 7. The summed E-state index contributed by atoms with van der Waals surface area (Å²) in [7, 11) is 0. The number of carbonyl (C=O) groups is 2. The standard InChI is InChI=1S/C18H25N3O3/c1-11(2)7-8-18(13-5-6-13)16(22)21(17(23)20-18)10-15-19-9-14(24-15)12-3-4-12/h9,11-13H,3-8,10H2,1-2H3,(H,20,23). The van der Waals surface area contributed by atoms with Crippen LogP contribution in [0.3, 0.4) is 0 Å². The molecular formula is C18H25N3O3. The van der Waals surface area contributed by atoms with Gasteiger partial charge in [-0.1, -0.05) is 13.8 Å². The fraction of sp³-hybridized carbons (Fsp3) is 0.722. The smallest absolute Gasteiger partial charge is 0.325 e. The Bertz CT molecular complexity index is 660. The Kier molecular flexibility index (Phi) is 3.66. The van der Waals surface area contributed by atoms with Crippen molar-refractivity contribution in [2.24, 2.45) is 11.8 Å². The van der Waals surface area contributed by atoms with Gasteiger partial charge in [0, 0.05) is 5.92 Å². The molecule has 3 aliphatic rings. The minimum absolute atomic E-state index is 0.0955. The number of hydrogen-bond acceptors (Lipinski definition) is 4. The van der Waals surface area contributed by atoms with Crippen molar-refractivity contribution in [1.82, 2.24) is 15.2 Å². The van der Waals surface area contributed by atoms with E-state index in [4.69, 9.17) is 4.42 Å². The molecule has 0 radical (unpaired) electrons. The molecule has 0 aromatic carbocycles. The topological polar surface area (TPSA) is 75.4 Å². The van der Waals surface area contributed by atoms with Crippen LogP contribution in [-0.2, 0) is 11.3 Å². The highest BCUT2D eigenvalue weighted by molar-refractivity contribution is 6.07. The normalized spacial score (nSPS) is 27.2. The number of amides is 3. The van der Waals surface area contributed by atoms with Crippen LogP contribution in [0, 0.1) is 11.8 Å². The summed E-state index contributed by atoms with van der Waals surface area (Å²) < 4.78 is 5.72. The van der Waals surface area contributed by atoms with Crippen molar-refractivity contribution in [2.75, 3.05) is 0 Å². The minimum Gasteiger partial charge on any atom is -0.443 e. The van der Waals surface area contributed by atoms with Gasteiger partial charge in [-0.05, 0) is 50.4 Å². The summed E-state index contributed by atoms with van der Waals surface area (Å²) in [5.74, 6) is 2.51. The van der Waals surface area contributed by atoms with E-state index in [0.717, 1.165) is 44.3 Å². The Labute approximate surface area is 142 Å². The number of urea groups is 1. The maximum absolute atomic E-state index is 13.1. The Morgan fingerprint density at radius 1 is 1.33 bits per heavy atom. The molecule has 3 fully saturated rings. The summed E-state index contributed by atoms with van der Waals surface area (Å²) in [6, 6.07) is -0.304. The van der Waals surface area contributed by atoms with E-state index in [2.05, 4.69) is 24.1 Å². The molecule has 1 unspecified atom stereocenters. The fourth-order valence-corrected chi connectivity index (χ4v) is 3.62. The molecule has 1 N–H and O–H groups in total. The third-order valence-electron chi connectivity index (χ3n) is 5.44. The average Bonchev–Trinajstić information content (AvgIpc) is 3.46. The molecule has 1 saturated heterocycles. The van der Waals surface area contributed by atoms with Crippen LogP contribution < -0.4 is 5.32 Å². The van der Waals surface area contributed by atoms with Gasteiger partial charge in [-0.2, -0.15) is 0 Å². The SMILES string of the molecule is CC(C)CCC1(C2CC2)NC(=O)N(Cc2ncc(C3CC3)o2)C1=O. The molecule has 0 spiro atoms. The molecule has 3 amide bonds. The summed E-state index contributed by atoms with van der Waals surface area (Å²) >= 11 is 0. The van der Waals surface area contributed by atoms with Crippen LogP contribution in [-0.4, -0.2) is 27.4 Å². The summed E-state index contributed by atoms with van der Waals surface area (Å²) in [5, 5.41) is 3.01. The predicted molar refractivity (Wildman–Crippen MR) is 87.1 cm³/mol. The van der Waals surface area contributed by atoms with E-state index in [1.807, 2.05) is 0 Å². The Morgan fingerprint density at radius 2 is 2.08 bits per heavy atom. The van der Waals surface area contributed by atoms with Crippen LogP contribution in [0.2, 0.25) is 0 Å². The minimum atomic E-state index is -0.701. The molecule has 6 nitrogen and oxygen atoms in total. The van der Waals surface area contributed by atoms with Crippen LogP contribution in [0.1, 0.15) is 69.9 Å². The molecule has 6 heteroatoms. The maximum Gasteiger partial charge on any atom is 0.325 e. The zero-order valence-electron chi connectivity index (χ0n) is 14.4. The molecule has 1 aromatic rings. The van der Waals surface area contributed by atoms with Gasteiger partial charge in [0.25, 0.3) is 5.91 Å². The monoisotopic (exact) mass is 331 g/mol. The summed E-state index contributed by atoms with van der Waals surface area (Å²) in [4.78, 5) is 31.1. The molecule has 1 atom stereocenters. The van der Waals surface area contributed by atoms with Gasteiger partial charge in [0.15, 0.2) is 0 Å². The molecule has 2 aliphatic carbocycles. The maximum atomic E-state index is 13.1. The Morgan fingerprint density at radius 3 is 2.71 bits per heavy atom. The first-order valence-electron chi connectivity index (χ1n) is 9.08. The molecule has 2 saturated carbocycles. The Balaban J connectivity index is 1.50. The van der Waals surface area contributed by atoms with Crippen molar-refractivity contribution in [1.29, 1.82) is 0 Å². The largest absolute Gasteiger partial charge is 0.443 e. The lowest BCUT2D eigenvalue weighted by Gasteiger charge is -2.27. The second-order valence-corrected chi connectivity index (χ2v) is 7.93. The van der Waals surface area contributed by atoms with E-state index >= 15 is 0 Å². The zero-order valence-corrected chi connectivity index (χ0v) is 14.4. The van der Waals surface area contributed by atoms with Crippen LogP contribution in [0.25, 0.3) is 0 Å². The quantitative estimate of drug-likeness (QED) is 0.779. The highest BCUT2D eigenvalue weighted by atomic mass is 16.4. The fourth-order valence-electron chi connectivity index (χ4n) is 3.62. The number of imide groups is 1. The molecule has 130 valence electrons. The van der Waals surface area contributed by atoms with Gasteiger partial charge in [0.05, 0.1) is 6.20 Å². The molecule has 1 aliphatic heterocycles. The number of nitrogens with one attached hydrogen (secondary N) is 1. The van der Waals surface area contributed by atoms with Gasteiger partial charge in [-0.25, -0.2) is 9.78 Å². The van der Waals surface area contributed by atoms with Crippen molar-refractivity contribution >= 4 is 11.9 Å². The van der Waals surface area contributed by atoms with Gasteiger partial charge >= 0.3 is 6.03 Å². The Hall–Kier alpha value is -1.85. The average molecular weight is 331 g/mol. The molecular weight excluding hydrogens is 306 g/mol. The predicted octanol–water partition coefficient (Wildman–Crippen LogP) is 3.19. The van der Waals surface area contributed by atoms with Crippen LogP contribution in [0.4, 0.5) is 4.79 Å². The lowest BCUT2D eigenvalue weighted by atomic mass is 9.85. The highest BCUT2D eigenvalue weighted by Gasteiger charge is 2.58. The number of hydrogen-bond donors (Lipinski definition) is 1. The van der Waals surface area contributed by atoms with Gasteiger partial charge in [-0.15, -0.1) is 0 Å². The van der Waals surface area contributed by atoms with Gasteiger partial charge in [-0.3, -0.25) is 9.69 Å². The summed E-state index contributed by atoms with van der Waals surface area (Å²) in [5.41, 5.74) is -0.701. The number of nitrogens with zero attached hydrogens (tertiary/aromatic N) is 2. The van der Waals surface area contributed by atoms with E-state index in [9.17, 15) is 9.59 Å². The summed E-state index contributed by atoms with van der Waals surface area (Å²) in [6.45, 7) is 4.42. The van der Waals surface area contributed by atoms with Gasteiger partial charge in [0.1, 0.15) is 17.8 Å². The third-order valence-corrected chi connectivity index (χ3v) is 5.44. The van der Waals surface area contributed by atoms with E-state index in [-0.39, 0.29) is 24.4 Å². The molecule has 0 bridgehead atoms. The van der Waals surface area contributed by atoms with Crippen molar-refractivity contribution in [2.45, 2.75) is 70.4 Å². The number of oxazole rings is 1. The van der Waals surface area contributed by atoms with E-state index in [1.54, 1.807) is 6.20 Å². The number of carbonyl (C=O) groups excluding carboxylic acids is 2. The number of aromatic nitrogens is 1. The summed E-state index contributed by atoms with van der Waals surface area (Å²) in [6.07, 6.45) is 7.69. The molecule has 24 heavy (non-hydrogen) atoms. The van der Waals surface area contributed by atoms with E-state index in [1.165, 1.54) is 4.90 Å². The van der Waals surface area contributed by atoms with Crippen molar-refractivity contribution < 1.29 is 14.0 Å². The first-order chi connectivity index (χ1) is 11.5. The van der Waals surface area contributed by atoms with Gasteiger partial charge in [0.2, 0.25) is 5.89 Å². The van der Waals surface area contributed by atoms with Crippen LogP contribution in [0.15, 0.2) is 10.6 Å². The van der Waals surface area contributed by atoms with Gasteiger partial charge < -0.3 is 9.73 Å². The zero-order chi connectivity index (χ0) is 16.9. The van der Waals surface area contributed by atoms with Crippen LogP contribution >= 0.6 is 0 Å². The lowest BCUT2D eigenvalue weighted by molar-refractivity contribution is -0.133. The second kappa shape index (κ2) is 5.60. The molecule has 1 aromatic heterocycles. The van der Waals surface area contributed by atoms with Crippen LogP contribution in [0.5, 0.6) is 0 Å². The van der Waals surface area contributed by atoms with E-state index in [0.29, 0.717) is 17.7 Å². The molecule has 4 rings (SSSR count). The first kappa shape index (κ1) is 15.7. The van der Waals surface area contributed by atoms with Crippen molar-refractivity contribution in [3.8, 4) is 0 Å². The molecule has 2 heterocycles. The lowest BCUT2D eigenvalue weighted by Crippen LogP contribution is -2.49. The van der Waals surface area contributed by atoms with Crippen molar-refractivity contribution in [3.05, 3.63) is 17.8 Å². The highest BCUT2D eigenvalue weighted by Crippen LogP contribution is 2.46. The second-order valence-electron chi connectivity index (χ2n) is 7.93.